The molecule has 0 spiro atoms. The largest absolute Gasteiger partial charge is 0.471 e. The lowest BCUT2D eigenvalue weighted by molar-refractivity contribution is -0.189. The molecule has 0 aromatic carbocycles. The first-order valence-corrected chi connectivity index (χ1v) is 5.63. The standard InChI is InChI=1S/C11H16F3NO3/c1-10(2,3)18-8(16)7-5-4-6-15(7)9(17)11(12,13)14/h7H,4-6H2,1-3H3/t7-/m1/s1. The highest BCUT2D eigenvalue weighted by atomic mass is 19.4. The van der Waals surface area contributed by atoms with Gasteiger partial charge in [-0.25, -0.2) is 4.79 Å². The van der Waals surface area contributed by atoms with E-state index in [1.54, 1.807) is 20.8 Å². The molecule has 1 amide bonds. The van der Waals surface area contributed by atoms with Gasteiger partial charge in [0.1, 0.15) is 11.6 Å². The highest BCUT2D eigenvalue weighted by Gasteiger charge is 2.48. The fraction of sp³-hybridized carbons (Fsp3) is 0.818. The van der Waals surface area contributed by atoms with E-state index >= 15 is 0 Å². The summed E-state index contributed by atoms with van der Waals surface area (Å²) in [6.07, 6.45) is -4.38. The van der Waals surface area contributed by atoms with E-state index in [1.165, 1.54) is 0 Å². The van der Waals surface area contributed by atoms with Crippen molar-refractivity contribution >= 4 is 11.9 Å². The van der Waals surface area contributed by atoms with Crippen LogP contribution in [0.4, 0.5) is 13.2 Å². The van der Waals surface area contributed by atoms with Crippen LogP contribution in [0.25, 0.3) is 0 Å². The Morgan fingerprint density at radius 3 is 2.22 bits per heavy atom. The van der Waals surface area contributed by atoms with Gasteiger partial charge >= 0.3 is 18.1 Å². The maximum absolute atomic E-state index is 12.3. The van der Waals surface area contributed by atoms with Crippen LogP contribution in [0.3, 0.4) is 0 Å². The van der Waals surface area contributed by atoms with Gasteiger partial charge in [0.25, 0.3) is 0 Å². The highest BCUT2D eigenvalue weighted by Crippen LogP contribution is 2.27. The lowest BCUT2D eigenvalue weighted by atomic mass is 10.1. The van der Waals surface area contributed by atoms with Gasteiger partial charge in [-0.2, -0.15) is 13.2 Å². The van der Waals surface area contributed by atoms with Gasteiger partial charge in [-0.1, -0.05) is 0 Å². The van der Waals surface area contributed by atoms with Gasteiger partial charge in [-0.05, 0) is 33.6 Å². The summed E-state index contributed by atoms with van der Waals surface area (Å²) >= 11 is 0. The monoisotopic (exact) mass is 267 g/mol. The van der Waals surface area contributed by atoms with Crippen molar-refractivity contribution in [3.63, 3.8) is 0 Å². The smallest absolute Gasteiger partial charge is 0.458 e. The Balaban J connectivity index is 2.77. The van der Waals surface area contributed by atoms with Crippen molar-refractivity contribution in [2.45, 2.75) is 51.4 Å². The molecular formula is C11H16F3NO3. The third-order valence-corrected chi connectivity index (χ3v) is 2.44. The van der Waals surface area contributed by atoms with Gasteiger partial charge in [0.15, 0.2) is 0 Å². The van der Waals surface area contributed by atoms with E-state index in [4.69, 9.17) is 4.74 Å². The maximum atomic E-state index is 12.3. The molecule has 7 heteroatoms. The molecule has 1 aliphatic heterocycles. The van der Waals surface area contributed by atoms with Crippen molar-refractivity contribution in [1.82, 2.24) is 4.90 Å². The summed E-state index contributed by atoms with van der Waals surface area (Å²) < 4.78 is 42.0. The molecule has 0 unspecified atom stereocenters. The normalized spacial score (nSPS) is 21.0. The number of alkyl halides is 3. The molecular weight excluding hydrogens is 251 g/mol. The predicted octanol–water partition coefficient (Wildman–Crippen LogP) is 1.88. The zero-order chi connectivity index (χ0) is 14.1. The van der Waals surface area contributed by atoms with Gasteiger partial charge in [-0.3, -0.25) is 4.79 Å². The van der Waals surface area contributed by atoms with Gasteiger partial charge in [0.2, 0.25) is 0 Å². The maximum Gasteiger partial charge on any atom is 0.471 e. The van der Waals surface area contributed by atoms with Crippen molar-refractivity contribution in [3.8, 4) is 0 Å². The van der Waals surface area contributed by atoms with E-state index < -0.39 is 29.7 Å². The van der Waals surface area contributed by atoms with Crippen LogP contribution in [0.1, 0.15) is 33.6 Å². The molecule has 0 aromatic heterocycles. The Labute approximate surface area is 103 Å². The number of likely N-dealkylation sites (tertiary alicyclic amines) is 1. The minimum Gasteiger partial charge on any atom is -0.458 e. The fourth-order valence-corrected chi connectivity index (χ4v) is 1.79. The first-order valence-electron chi connectivity index (χ1n) is 5.63. The summed E-state index contributed by atoms with van der Waals surface area (Å²) in [5.74, 6) is -2.76. The molecule has 0 aromatic rings. The summed E-state index contributed by atoms with van der Waals surface area (Å²) in [4.78, 5) is 23.4. The average molecular weight is 267 g/mol. The quantitative estimate of drug-likeness (QED) is 0.681. The van der Waals surface area contributed by atoms with Gasteiger partial charge in [-0.15, -0.1) is 0 Å². The van der Waals surface area contributed by atoms with Crippen molar-refractivity contribution < 1.29 is 27.5 Å². The number of nitrogens with zero attached hydrogens (tertiary/aromatic N) is 1. The van der Waals surface area contributed by atoms with Crippen LogP contribution < -0.4 is 0 Å². The van der Waals surface area contributed by atoms with E-state index in [9.17, 15) is 22.8 Å². The van der Waals surface area contributed by atoms with Crippen LogP contribution in [0, 0.1) is 0 Å². The minimum absolute atomic E-state index is 0.0672. The number of rotatable bonds is 1. The fourth-order valence-electron chi connectivity index (χ4n) is 1.79. The summed E-state index contributed by atoms with van der Waals surface area (Å²) in [7, 11) is 0. The number of carbonyl (C=O) groups is 2. The topological polar surface area (TPSA) is 46.6 Å². The summed E-state index contributed by atoms with van der Waals surface area (Å²) in [5, 5.41) is 0. The second kappa shape index (κ2) is 4.78. The lowest BCUT2D eigenvalue weighted by Gasteiger charge is -2.27. The van der Waals surface area contributed by atoms with Gasteiger partial charge in [0.05, 0.1) is 0 Å². The number of ether oxygens (including phenoxy) is 1. The average Bonchev–Trinajstić information content (AvgIpc) is 2.60. The van der Waals surface area contributed by atoms with Crippen molar-refractivity contribution in [1.29, 1.82) is 0 Å². The molecule has 1 rings (SSSR count). The number of hydrogen-bond donors (Lipinski definition) is 0. The van der Waals surface area contributed by atoms with E-state index in [-0.39, 0.29) is 13.0 Å². The first-order chi connectivity index (χ1) is 8.02. The number of halogens is 3. The third-order valence-electron chi connectivity index (χ3n) is 2.44. The van der Waals surface area contributed by atoms with Crippen LogP contribution in [-0.2, 0) is 14.3 Å². The zero-order valence-electron chi connectivity index (χ0n) is 10.5. The Morgan fingerprint density at radius 1 is 1.22 bits per heavy atom. The molecule has 1 saturated heterocycles. The number of carbonyl (C=O) groups excluding carboxylic acids is 2. The van der Waals surface area contributed by atoms with E-state index in [0.717, 1.165) is 0 Å². The van der Waals surface area contributed by atoms with E-state index in [0.29, 0.717) is 11.3 Å². The van der Waals surface area contributed by atoms with Crippen molar-refractivity contribution in [2.75, 3.05) is 6.54 Å². The number of esters is 1. The van der Waals surface area contributed by atoms with Crippen LogP contribution >= 0.6 is 0 Å². The lowest BCUT2D eigenvalue weighted by Crippen LogP contribution is -2.48. The van der Waals surface area contributed by atoms with E-state index in [2.05, 4.69) is 0 Å². The molecule has 0 N–H and O–H groups in total. The SMILES string of the molecule is CC(C)(C)OC(=O)[C@H]1CCCN1C(=O)C(F)(F)F. The van der Waals surface area contributed by atoms with Crippen LogP contribution in [0.2, 0.25) is 0 Å². The van der Waals surface area contributed by atoms with Crippen molar-refractivity contribution in [2.24, 2.45) is 0 Å². The Kier molecular flexibility index (Phi) is 3.92. The molecule has 0 radical (unpaired) electrons. The van der Waals surface area contributed by atoms with Crippen LogP contribution in [0.15, 0.2) is 0 Å². The van der Waals surface area contributed by atoms with E-state index in [1.807, 2.05) is 0 Å². The second-order valence-electron chi connectivity index (χ2n) is 5.19. The Hall–Kier alpha value is -1.27. The molecule has 18 heavy (non-hydrogen) atoms. The van der Waals surface area contributed by atoms with Crippen molar-refractivity contribution in [3.05, 3.63) is 0 Å². The summed E-state index contributed by atoms with van der Waals surface area (Å²) in [6.45, 7) is 4.80. The molecule has 1 fully saturated rings. The molecule has 1 atom stereocenters. The van der Waals surface area contributed by atoms with Gasteiger partial charge in [0, 0.05) is 6.54 Å². The molecule has 104 valence electrons. The molecule has 4 nitrogen and oxygen atoms in total. The highest BCUT2D eigenvalue weighted by molar-refractivity contribution is 5.88. The zero-order valence-corrected chi connectivity index (χ0v) is 10.5. The Bertz CT molecular complexity index is 346. The molecule has 0 aliphatic carbocycles. The molecule has 1 aliphatic rings. The summed E-state index contributed by atoms with van der Waals surface area (Å²) in [5.41, 5.74) is -0.785. The molecule has 0 bridgehead atoms. The number of hydrogen-bond acceptors (Lipinski definition) is 3. The van der Waals surface area contributed by atoms with Gasteiger partial charge < -0.3 is 9.64 Å². The molecule has 1 heterocycles. The van der Waals surface area contributed by atoms with Crippen LogP contribution in [-0.4, -0.2) is 41.1 Å². The number of amides is 1. The minimum atomic E-state index is -4.95. The predicted molar refractivity (Wildman–Crippen MR) is 56.6 cm³/mol. The third kappa shape index (κ3) is 3.61. The second-order valence-corrected chi connectivity index (χ2v) is 5.19. The summed E-state index contributed by atoms with van der Waals surface area (Å²) in [6, 6.07) is -1.13. The van der Waals surface area contributed by atoms with Crippen LogP contribution in [0.5, 0.6) is 0 Å². The molecule has 0 saturated carbocycles. The first kappa shape index (κ1) is 14.8. The Morgan fingerprint density at radius 2 is 1.78 bits per heavy atom.